The van der Waals surface area contributed by atoms with Crippen LogP contribution in [0.4, 0.5) is 13.2 Å². The molecule has 0 spiro atoms. The van der Waals surface area contributed by atoms with E-state index in [1.54, 1.807) is 0 Å². The molecule has 0 aliphatic heterocycles. The Balaban J connectivity index is 4.41. The summed E-state index contributed by atoms with van der Waals surface area (Å²) in [5.41, 5.74) is 0. The van der Waals surface area contributed by atoms with Gasteiger partial charge in [-0.25, -0.2) is 8.42 Å². The molecule has 1 N–H and O–H groups in total. The van der Waals surface area contributed by atoms with Gasteiger partial charge in [0.15, 0.2) is 9.84 Å². The first-order chi connectivity index (χ1) is 8.08. The fraction of sp³-hybridized carbons (Fsp3) is 1.00. The second kappa shape index (κ2) is 7.33. The van der Waals surface area contributed by atoms with Crippen molar-refractivity contribution in [3.05, 3.63) is 0 Å². The molecule has 0 heterocycles. The topological polar surface area (TPSA) is 46.2 Å². The van der Waals surface area contributed by atoms with E-state index in [4.69, 9.17) is 0 Å². The van der Waals surface area contributed by atoms with Crippen LogP contribution >= 0.6 is 0 Å². The van der Waals surface area contributed by atoms with E-state index in [1.165, 1.54) is 6.92 Å². The Bertz CT molecular complexity index is 328. The van der Waals surface area contributed by atoms with Gasteiger partial charge in [-0.1, -0.05) is 6.92 Å². The zero-order chi connectivity index (χ0) is 14.4. The lowest BCUT2D eigenvalue weighted by atomic mass is 10.1. The molecule has 0 rings (SSSR count). The van der Waals surface area contributed by atoms with Crippen molar-refractivity contribution in [3.63, 3.8) is 0 Å². The van der Waals surface area contributed by atoms with Gasteiger partial charge in [-0.3, -0.25) is 0 Å². The minimum absolute atomic E-state index is 0.0509. The molecule has 0 amide bonds. The van der Waals surface area contributed by atoms with Crippen LogP contribution < -0.4 is 5.32 Å². The minimum atomic E-state index is -4.18. The predicted molar refractivity (Wildman–Crippen MR) is 66.3 cm³/mol. The molecule has 0 bridgehead atoms. The monoisotopic (exact) mass is 289 g/mol. The van der Waals surface area contributed by atoms with Gasteiger partial charge in [0.05, 0.1) is 5.25 Å². The maximum atomic E-state index is 12.1. The van der Waals surface area contributed by atoms with E-state index in [1.807, 2.05) is 6.92 Å². The second-order valence-electron chi connectivity index (χ2n) is 4.60. The Morgan fingerprint density at radius 2 is 1.83 bits per heavy atom. The summed E-state index contributed by atoms with van der Waals surface area (Å²) < 4.78 is 59.0. The van der Waals surface area contributed by atoms with Gasteiger partial charge in [0.1, 0.15) is 0 Å². The minimum Gasteiger partial charge on any atom is -0.313 e. The summed E-state index contributed by atoms with van der Waals surface area (Å²) in [4.78, 5) is 0. The Hall–Kier alpha value is -0.300. The maximum Gasteiger partial charge on any atom is 0.389 e. The van der Waals surface area contributed by atoms with Crippen molar-refractivity contribution in [3.8, 4) is 0 Å². The van der Waals surface area contributed by atoms with Crippen LogP contribution in [0.15, 0.2) is 0 Å². The number of halogens is 3. The van der Waals surface area contributed by atoms with E-state index >= 15 is 0 Å². The lowest BCUT2D eigenvalue weighted by Gasteiger charge is -2.24. The molecule has 0 radical (unpaired) electrons. The number of alkyl halides is 3. The van der Waals surface area contributed by atoms with Gasteiger partial charge in [0, 0.05) is 18.7 Å². The van der Waals surface area contributed by atoms with Gasteiger partial charge < -0.3 is 5.32 Å². The predicted octanol–water partition coefficient (Wildman–Crippen LogP) is 2.52. The van der Waals surface area contributed by atoms with Crippen LogP contribution in [0.5, 0.6) is 0 Å². The number of sulfone groups is 1. The van der Waals surface area contributed by atoms with Crippen LogP contribution in [0.2, 0.25) is 0 Å². The molecule has 0 aliphatic carbocycles. The lowest BCUT2D eigenvalue weighted by Crippen LogP contribution is -2.42. The van der Waals surface area contributed by atoms with Crippen molar-refractivity contribution >= 4 is 9.84 Å². The average molecular weight is 289 g/mol. The first-order valence-electron chi connectivity index (χ1n) is 6.07. The van der Waals surface area contributed by atoms with Crippen molar-refractivity contribution in [2.24, 2.45) is 0 Å². The third-order valence-corrected chi connectivity index (χ3v) is 4.55. The highest BCUT2D eigenvalue weighted by atomic mass is 32.2. The Morgan fingerprint density at radius 3 is 2.22 bits per heavy atom. The van der Waals surface area contributed by atoms with Gasteiger partial charge in [-0.2, -0.15) is 13.2 Å². The number of rotatable bonds is 8. The number of hydrogen-bond donors (Lipinski definition) is 1. The van der Waals surface area contributed by atoms with Crippen LogP contribution in [-0.2, 0) is 9.84 Å². The summed E-state index contributed by atoms with van der Waals surface area (Å²) in [7, 11) is -3.24. The molecule has 2 unspecified atom stereocenters. The van der Waals surface area contributed by atoms with E-state index in [0.717, 1.165) is 12.7 Å². The summed E-state index contributed by atoms with van der Waals surface area (Å²) in [6.07, 6.45) is -2.95. The molecular weight excluding hydrogens is 267 g/mol. The van der Waals surface area contributed by atoms with Crippen LogP contribution in [0.25, 0.3) is 0 Å². The van der Waals surface area contributed by atoms with E-state index in [0.29, 0.717) is 6.54 Å². The first-order valence-corrected chi connectivity index (χ1v) is 8.02. The van der Waals surface area contributed by atoms with Crippen molar-refractivity contribution in [2.45, 2.75) is 57.0 Å². The van der Waals surface area contributed by atoms with Gasteiger partial charge in [0.2, 0.25) is 0 Å². The quantitative estimate of drug-likeness (QED) is 0.747. The van der Waals surface area contributed by atoms with E-state index in [-0.39, 0.29) is 12.8 Å². The molecule has 2 atom stereocenters. The van der Waals surface area contributed by atoms with E-state index < -0.39 is 33.7 Å². The highest BCUT2D eigenvalue weighted by Gasteiger charge is 2.29. The summed E-state index contributed by atoms with van der Waals surface area (Å²) in [6.45, 7) is 4.07. The average Bonchev–Trinajstić information content (AvgIpc) is 2.19. The van der Waals surface area contributed by atoms with Crippen molar-refractivity contribution in [1.29, 1.82) is 0 Å². The molecule has 0 aromatic carbocycles. The Labute approximate surface area is 107 Å². The van der Waals surface area contributed by atoms with Gasteiger partial charge in [-0.15, -0.1) is 0 Å². The van der Waals surface area contributed by atoms with Crippen LogP contribution in [0.3, 0.4) is 0 Å². The van der Waals surface area contributed by atoms with Crippen molar-refractivity contribution < 1.29 is 21.6 Å². The third kappa shape index (κ3) is 7.92. The fourth-order valence-electron chi connectivity index (χ4n) is 1.65. The third-order valence-electron chi connectivity index (χ3n) is 2.87. The summed E-state index contributed by atoms with van der Waals surface area (Å²) in [6, 6.07) is -0.415. The van der Waals surface area contributed by atoms with Crippen molar-refractivity contribution in [1.82, 2.24) is 5.32 Å². The molecule has 7 heteroatoms. The van der Waals surface area contributed by atoms with Gasteiger partial charge >= 0.3 is 6.18 Å². The van der Waals surface area contributed by atoms with Crippen LogP contribution in [0, 0.1) is 0 Å². The van der Waals surface area contributed by atoms with Crippen LogP contribution in [-0.4, -0.2) is 38.7 Å². The Morgan fingerprint density at radius 1 is 1.28 bits per heavy atom. The largest absolute Gasteiger partial charge is 0.389 e. The highest BCUT2D eigenvalue weighted by Crippen LogP contribution is 2.23. The lowest BCUT2D eigenvalue weighted by molar-refractivity contribution is -0.135. The number of nitrogens with one attached hydrogen (secondary N) is 1. The molecule has 0 aromatic heterocycles. The zero-order valence-electron chi connectivity index (χ0n) is 11.0. The molecule has 0 fully saturated rings. The summed E-state index contributed by atoms with van der Waals surface area (Å²) in [5, 5.41) is 2.35. The standard InChI is InChI=1S/C11H22F3NO2S/c1-4-8-15-10(9(2)18(3,16)17)6-5-7-11(12,13)14/h9-10,15H,4-8H2,1-3H3. The smallest absolute Gasteiger partial charge is 0.313 e. The molecule has 18 heavy (non-hydrogen) atoms. The molecule has 110 valence electrons. The molecule has 3 nitrogen and oxygen atoms in total. The fourth-order valence-corrected chi connectivity index (χ4v) is 2.48. The molecule has 0 aromatic rings. The molecule has 0 saturated carbocycles. The van der Waals surface area contributed by atoms with Crippen LogP contribution in [0.1, 0.15) is 39.5 Å². The summed E-state index contributed by atoms with van der Waals surface area (Å²) in [5.74, 6) is 0. The maximum absolute atomic E-state index is 12.1. The van der Waals surface area contributed by atoms with E-state index in [9.17, 15) is 21.6 Å². The summed E-state index contributed by atoms with van der Waals surface area (Å²) >= 11 is 0. The highest BCUT2D eigenvalue weighted by molar-refractivity contribution is 7.91. The van der Waals surface area contributed by atoms with Gasteiger partial charge in [0.25, 0.3) is 0 Å². The molecular formula is C11H22F3NO2S. The van der Waals surface area contributed by atoms with Crippen molar-refractivity contribution in [2.75, 3.05) is 12.8 Å². The second-order valence-corrected chi connectivity index (χ2v) is 7.01. The van der Waals surface area contributed by atoms with Gasteiger partial charge in [-0.05, 0) is 32.7 Å². The first kappa shape index (κ1) is 17.7. The molecule has 0 aliphatic rings. The Kier molecular flexibility index (Phi) is 7.21. The normalized spacial score (nSPS) is 16.6. The zero-order valence-corrected chi connectivity index (χ0v) is 11.9. The van der Waals surface area contributed by atoms with E-state index in [2.05, 4.69) is 5.32 Å². The number of hydrogen-bond acceptors (Lipinski definition) is 3. The molecule has 0 saturated heterocycles. The SMILES string of the molecule is CCCNC(CCCC(F)(F)F)C(C)S(C)(=O)=O.